The first-order chi connectivity index (χ1) is 8.47. The number of carbonyl (C=O) groups excluding carboxylic acids is 2. The number of halogens is 1. The molecule has 1 aromatic rings. The molecule has 0 fully saturated rings. The predicted molar refractivity (Wildman–Crippen MR) is 73.9 cm³/mol. The van der Waals surface area contributed by atoms with Gasteiger partial charge in [0.1, 0.15) is 5.78 Å². The second kappa shape index (κ2) is 6.69. The van der Waals surface area contributed by atoms with Gasteiger partial charge in [-0.2, -0.15) is 0 Å². The highest BCUT2D eigenvalue weighted by atomic mass is 79.9. The second-order valence-electron chi connectivity index (χ2n) is 4.10. The lowest BCUT2D eigenvalue weighted by molar-refractivity contribution is -0.142. The van der Waals surface area contributed by atoms with Crippen LogP contribution in [-0.4, -0.2) is 18.4 Å². The summed E-state index contributed by atoms with van der Waals surface area (Å²) in [5.41, 5.74) is 2.71. The maximum absolute atomic E-state index is 11.5. The lowest BCUT2D eigenvalue weighted by atomic mass is 9.95. The minimum atomic E-state index is -0.372. The Morgan fingerprint density at radius 2 is 2.06 bits per heavy atom. The summed E-state index contributed by atoms with van der Waals surface area (Å²) in [5, 5.41) is 0. The van der Waals surface area contributed by atoms with Crippen LogP contribution in [-0.2, 0) is 20.7 Å². The summed E-state index contributed by atoms with van der Waals surface area (Å²) in [7, 11) is 0. The number of alkyl halides is 1. The molecule has 0 saturated carbocycles. The van der Waals surface area contributed by atoms with E-state index < -0.39 is 0 Å². The number of aryl methyl sites for hydroxylation is 1. The zero-order valence-electron chi connectivity index (χ0n) is 10.8. The van der Waals surface area contributed by atoms with Crippen LogP contribution in [0.4, 0.5) is 0 Å². The third kappa shape index (κ3) is 3.67. The first kappa shape index (κ1) is 14.9. The summed E-state index contributed by atoms with van der Waals surface area (Å²) in [6.07, 6.45) is 0.195. The van der Waals surface area contributed by atoms with E-state index in [4.69, 9.17) is 4.74 Å². The molecule has 3 nitrogen and oxygen atoms in total. The average Bonchev–Trinajstić information content (AvgIpc) is 2.28. The largest absolute Gasteiger partial charge is 0.466 e. The number of benzene rings is 1. The van der Waals surface area contributed by atoms with Gasteiger partial charge in [0, 0.05) is 0 Å². The molecule has 0 saturated heterocycles. The highest BCUT2D eigenvalue weighted by molar-refractivity contribution is 9.09. The summed E-state index contributed by atoms with van der Waals surface area (Å²) < 4.78 is 4.94. The Bertz CT molecular complexity index is 454. The van der Waals surface area contributed by atoms with Crippen LogP contribution in [0.15, 0.2) is 18.2 Å². The summed E-state index contributed by atoms with van der Waals surface area (Å²) in [6, 6.07) is 5.67. The molecule has 0 amide bonds. The number of esters is 1. The van der Waals surface area contributed by atoms with E-state index in [0.29, 0.717) is 6.61 Å². The van der Waals surface area contributed by atoms with Crippen LogP contribution < -0.4 is 0 Å². The van der Waals surface area contributed by atoms with Crippen LogP contribution in [0.1, 0.15) is 35.4 Å². The van der Waals surface area contributed by atoms with Gasteiger partial charge in [-0.3, -0.25) is 9.59 Å². The Hall–Kier alpha value is -1.16. The smallest absolute Gasteiger partial charge is 0.310 e. The molecule has 1 aromatic carbocycles. The molecule has 0 aliphatic heterocycles. The highest BCUT2D eigenvalue weighted by Crippen LogP contribution is 2.30. The van der Waals surface area contributed by atoms with Crippen molar-refractivity contribution in [2.45, 2.75) is 32.0 Å². The van der Waals surface area contributed by atoms with E-state index in [2.05, 4.69) is 15.9 Å². The van der Waals surface area contributed by atoms with E-state index in [1.54, 1.807) is 6.92 Å². The molecule has 0 bridgehead atoms. The molecule has 0 radical (unpaired) electrons. The third-order valence-electron chi connectivity index (χ3n) is 2.66. The van der Waals surface area contributed by atoms with Gasteiger partial charge in [-0.25, -0.2) is 0 Å². The van der Waals surface area contributed by atoms with Gasteiger partial charge >= 0.3 is 5.97 Å². The zero-order chi connectivity index (χ0) is 13.7. The number of Topliss-reactive ketones (excluding diaryl/α,β-unsaturated/α-hetero) is 1. The van der Waals surface area contributed by atoms with Crippen molar-refractivity contribution in [1.82, 2.24) is 0 Å². The zero-order valence-corrected chi connectivity index (χ0v) is 12.4. The molecule has 0 aromatic heterocycles. The quantitative estimate of drug-likeness (QED) is 0.619. The normalized spacial score (nSPS) is 12.0. The van der Waals surface area contributed by atoms with Crippen molar-refractivity contribution < 1.29 is 14.3 Å². The topological polar surface area (TPSA) is 43.4 Å². The fraction of sp³-hybridized carbons (Fsp3) is 0.429. The number of rotatable bonds is 5. The molecule has 0 heterocycles. The Morgan fingerprint density at radius 1 is 1.39 bits per heavy atom. The van der Waals surface area contributed by atoms with Gasteiger partial charge in [0.25, 0.3) is 0 Å². The monoisotopic (exact) mass is 312 g/mol. The van der Waals surface area contributed by atoms with E-state index in [1.807, 2.05) is 25.1 Å². The molecule has 4 heteroatoms. The molecule has 98 valence electrons. The van der Waals surface area contributed by atoms with Crippen LogP contribution in [0.2, 0.25) is 0 Å². The van der Waals surface area contributed by atoms with E-state index in [0.717, 1.165) is 16.7 Å². The van der Waals surface area contributed by atoms with Gasteiger partial charge in [-0.15, -0.1) is 0 Å². The van der Waals surface area contributed by atoms with E-state index in [1.165, 1.54) is 6.92 Å². The van der Waals surface area contributed by atoms with Crippen molar-refractivity contribution in [3.8, 4) is 0 Å². The third-order valence-corrected chi connectivity index (χ3v) is 3.77. The predicted octanol–water partition coefficient (Wildman–Crippen LogP) is 3.13. The molecule has 0 spiro atoms. The summed E-state index contributed by atoms with van der Waals surface area (Å²) in [4.78, 5) is 22.7. The highest BCUT2D eigenvalue weighted by Gasteiger charge is 2.20. The first-order valence-corrected chi connectivity index (χ1v) is 6.77. The molecular weight excluding hydrogens is 296 g/mol. The number of ether oxygens (including phenoxy) is 1. The van der Waals surface area contributed by atoms with Crippen LogP contribution in [0.3, 0.4) is 0 Å². The summed E-state index contributed by atoms with van der Waals surface area (Å²) in [5.74, 6) is -0.248. The summed E-state index contributed by atoms with van der Waals surface area (Å²) in [6.45, 7) is 5.60. The lowest BCUT2D eigenvalue weighted by Crippen LogP contribution is -2.12. The minimum absolute atomic E-state index is 0.0226. The number of hydrogen-bond donors (Lipinski definition) is 0. The van der Waals surface area contributed by atoms with Crippen molar-refractivity contribution >= 4 is 27.7 Å². The number of hydrogen-bond acceptors (Lipinski definition) is 3. The molecule has 0 aliphatic rings. The van der Waals surface area contributed by atoms with Gasteiger partial charge in [-0.05, 0) is 37.5 Å². The Balaban J connectivity index is 3.08. The van der Waals surface area contributed by atoms with E-state index in [9.17, 15) is 9.59 Å². The molecule has 1 unspecified atom stereocenters. The van der Waals surface area contributed by atoms with Crippen molar-refractivity contribution in [2.24, 2.45) is 0 Å². The Labute approximate surface area is 116 Å². The van der Waals surface area contributed by atoms with Crippen LogP contribution in [0.25, 0.3) is 0 Å². The maximum Gasteiger partial charge on any atom is 0.310 e. The SMILES string of the molecule is CCOC(=O)Cc1cccc(C)c1C(Br)C(C)=O. The van der Waals surface area contributed by atoms with Gasteiger partial charge in [0.2, 0.25) is 0 Å². The molecule has 1 rings (SSSR count). The Morgan fingerprint density at radius 3 is 2.61 bits per heavy atom. The van der Waals surface area contributed by atoms with Crippen LogP contribution in [0, 0.1) is 6.92 Å². The van der Waals surface area contributed by atoms with Crippen molar-refractivity contribution in [1.29, 1.82) is 0 Å². The number of ketones is 1. The summed E-state index contributed by atoms with van der Waals surface area (Å²) >= 11 is 3.38. The molecule has 1 atom stereocenters. The molecule has 0 N–H and O–H groups in total. The molecular formula is C14H17BrO3. The van der Waals surface area contributed by atoms with Crippen LogP contribution in [0.5, 0.6) is 0 Å². The first-order valence-electron chi connectivity index (χ1n) is 5.85. The van der Waals surface area contributed by atoms with E-state index >= 15 is 0 Å². The number of carbonyl (C=O) groups is 2. The lowest BCUT2D eigenvalue weighted by Gasteiger charge is -2.15. The fourth-order valence-corrected chi connectivity index (χ4v) is 2.48. The van der Waals surface area contributed by atoms with E-state index in [-0.39, 0.29) is 23.0 Å². The minimum Gasteiger partial charge on any atom is -0.466 e. The van der Waals surface area contributed by atoms with Crippen LogP contribution >= 0.6 is 15.9 Å². The Kier molecular flexibility index (Phi) is 5.54. The molecule has 18 heavy (non-hydrogen) atoms. The van der Waals surface area contributed by atoms with Gasteiger partial charge in [-0.1, -0.05) is 34.1 Å². The van der Waals surface area contributed by atoms with Crippen molar-refractivity contribution in [3.05, 3.63) is 34.9 Å². The second-order valence-corrected chi connectivity index (χ2v) is 5.02. The van der Waals surface area contributed by atoms with Crippen molar-refractivity contribution in [3.63, 3.8) is 0 Å². The fourth-order valence-electron chi connectivity index (χ4n) is 1.83. The average molecular weight is 313 g/mol. The van der Waals surface area contributed by atoms with Gasteiger partial charge in [0.05, 0.1) is 17.9 Å². The maximum atomic E-state index is 11.5. The standard InChI is InChI=1S/C14H17BrO3/c1-4-18-12(17)8-11-7-5-6-9(2)13(11)14(15)10(3)16/h5-7,14H,4,8H2,1-3H3. The molecule has 0 aliphatic carbocycles. The van der Waals surface area contributed by atoms with Crippen molar-refractivity contribution in [2.75, 3.05) is 6.61 Å². The van der Waals surface area contributed by atoms with Gasteiger partial charge in [0.15, 0.2) is 0 Å². The van der Waals surface area contributed by atoms with Gasteiger partial charge < -0.3 is 4.74 Å².